The molecule has 34 heavy (non-hydrogen) atoms. The number of piperazine rings is 1. The highest BCUT2D eigenvalue weighted by Crippen LogP contribution is 2.64. The van der Waals surface area contributed by atoms with Crippen LogP contribution in [-0.2, 0) is 6.18 Å². The van der Waals surface area contributed by atoms with Gasteiger partial charge in [0.1, 0.15) is 5.82 Å². The molecule has 2 aliphatic heterocycles. The molecule has 4 heterocycles. The fourth-order valence-corrected chi connectivity index (χ4v) is 6.95. The average Bonchev–Trinajstić information content (AvgIpc) is 3.26. The van der Waals surface area contributed by atoms with E-state index in [2.05, 4.69) is 28.6 Å². The summed E-state index contributed by atoms with van der Waals surface area (Å²) < 4.78 is 42.1. The van der Waals surface area contributed by atoms with Crippen molar-refractivity contribution in [2.24, 2.45) is 11.8 Å². The number of hydrogen-bond donors (Lipinski definition) is 1. The lowest BCUT2D eigenvalue weighted by atomic mass is 10.0. The molecule has 2 N–H and O–H groups in total. The van der Waals surface area contributed by atoms with E-state index in [4.69, 9.17) is 10.8 Å². The minimum Gasteiger partial charge on any atom is -0.383 e. The zero-order chi connectivity index (χ0) is 23.8. The molecule has 3 atom stereocenters. The molecule has 4 aliphatic rings. The first-order valence-corrected chi connectivity index (χ1v) is 12.6. The third kappa shape index (κ3) is 3.71. The van der Waals surface area contributed by atoms with E-state index in [9.17, 15) is 13.2 Å². The summed E-state index contributed by atoms with van der Waals surface area (Å²) >= 11 is 0. The van der Waals surface area contributed by atoms with Gasteiger partial charge in [-0.3, -0.25) is 14.5 Å². The number of anilines is 1. The van der Waals surface area contributed by atoms with Crippen molar-refractivity contribution in [3.8, 4) is 11.3 Å². The van der Waals surface area contributed by atoms with Crippen molar-refractivity contribution in [2.75, 3.05) is 31.9 Å². The molecule has 0 bridgehead atoms. The maximum absolute atomic E-state index is 13.4. The highest BCUT2D eigenvalue weighted by molar-refractivity contribution is 5.63. The zero-order valence-corrected chi connectivity index (χ0v) is 19.8. The van der Waals surface area contributed by atoms with Crippen LogP contribution in [0.15, 0.2) is 18.3 Å². The van der Waals surface area contributed by atoms with Crippen LogP contribution in [-0.4, -0.2) is 62.8 Å². The smallest absolute Gasteiger partial charge is 0.383 e. The monoisotopic (exact) mass is 474 g/mol. The second-order valence-corrected chi connectivity index (χ2v) is 11.0. The second-order valence-electron chi connectivity index (χ2n) is 11.0. The molecule has 6 rings (SSSR count). The van der Waals surface area contributed by atoms with E-state index in [-0.39, 0.29) is 6.04 Å². The van der Waals surface area contributed by atoms with Gasteiger partial charge in [0.2, 0.25) is 0 Å². The van der Waals surface area contributed by atoms with E-state index in [1.165, 1.54) is 58.1 Å². The minimum absolute atomic E-state index is 0.139. The summed E-state index contributed by atoms with van der Waals surface area (Å²) in [7, 11) is 0. The molecule has 184 valence electrons. The van der Waals surface area contributed by atoms with Crippen LogP contribution < -0.4 is 5.73 Å². The number of pyridine rings is 1. The van der Waals surface area contributed by atoms with E-state index >= 15 is 0 Å². The lowest BCUT2D eigenvalue weighted by Crippen LogP contribution is -2.53. The molecule has 0 aromatic carbocycles. The number of alkyl halides is 3. The van der Waals surface area contributed by atoms with Crippen molar-refractivity contribution in [1.82, 2.24) is 24.6 Å². The van der Waals surface area contributed by atoms with Gasteiger partial charge in [0.15, 0.2) is 0 Å². The molecular weight excluding hydrogens is 441 g/mol. The topological polar surface area (TPSA) is 63.2 Å². The van der Waals surface area contributed by atoms with Gasteiger partial charge in [-0.05, 0) is 70.0 Å². The molecule has 9 heteroatoms. The molecule has 2 saturated carbocycles. The van der Waals surface area contributed by atoms with Crippen molar-refractivity contribution in [2.45, 2.75) is 69.8 Å². The number of nitrogens with two attached hydrogens (primary N) is 1. The van der Waals surface area contributed by atoms with E-state index in [1.54, 1.807) is 0 Å². The quantitative estimate of drug-likeness (QED) is 0.712. The highest BCUT2D eigenvalue weighted by atomic mass is 19.4. The summed E-state index contributed by atoms with van der Waals surface area (Å²) in [5.41, 5.74) is 6.65. The number of nitrogens with zero attached hydrogens (tertiary/aromatic N) is 5. The zero-order valence-electron chi connectivity index (χ0n) is 19.8. The number of nitrogen functional groups attached to an aromatic ring is 1. The summed E-state index contributed by atoms with van der Waals surface area (Å²) in [5.74, 6) is 1.27. The van der Waals surface area contributed by atoms with Gasteiger partial charge in [-0.1, -0.05) is 0 Å². The predicted molar refractivity (Wildman–Crippen MR) is 124 cm³/mol. The summed E-state index contributed by atoms with van der Waals surface area (Å²) in [6.07, 6.45) is 1.98. The molecule has 2 aromatic rings. The van der Waals surface area contributed by atoms with Crippen LogP contribution in [0.2, 0.25) is 0 Å². The minimum atomic E-state index is -4.54. The van der Waals surface area contributed by atoms with E-state index in [0.29, 0.717) is 35.1 Å². The number of halogens is 3. The largest absolute Gasteiger partial charge is 0.419 e. The average molecular weight is 475 g/mol. The Morgan fingerprint density at radius 2 is 1.76 bits per heavy atom. The van der Waals surface area contributed by atoms with Crippen molar-refractivity contribution in [3.63, 3.8) is 0 Å². The summed E-state index contributed by atoms with van der Waals surface area (Å²) in [6.45, 7) is 9.03. The Kier molecular flexibility index (Phi) is 5.22. The Labute approximate surface area is 198 Å². The number of aromatic nitrogens is 3. The first kappa shape index (κ1) is 22.3. The predicted octanol–water partition coefficient (Wildman–Crippen LogP) is 4.40. The van der Waals surface area contributed by atoms with E-state index < -0.39 is 17.6 Å². The molecule has 3 unspecified atom stereocenters. The van der Waals surface area contributed by atoms with E-state index in [0.717, 1.165) is 17.8 Å². The SMILES string of the molecule is CC(C)n1nc(-c2cnc(N)c(C(F)(F)F)c2)cc1C1C2CC(N3CCN4CCCC4C3)CC21. The highest BCUT2D eigenvalue weighted by Gasteiger charge is 2.59. The molecule has 4 fully saturated rings. The van der Waals surface area contributed by atoms with Crippen LogP contribution in [0.1, 0.15) is 62.7 Å². The Balaban J connectivity index is 1.20. The lowest BCUT2D eigenvalue weighted by molar-refractivity contribution is -0.137. The number of rotatable bonds is 4. The Hall–Kier alpha value is -2.13. The third-order valence-corrected chi connectivity index (χ3v) is 8.67. The maximum Gasteiger partial charge on any atom is 0.419 e. The summed E-state index contributed by atoms with van der Waals surface area (Å²) in [4.78, 5) is 9.20. The Morgan fingerprint density at radius 1 is 1.03 bits per heavy atom. The first-order valence-electron chi connectivity index (χ1n) is 12.6. The van der Waals surface area contributed by atoms with Crippen molar-refractivity contribution >= 4 is 5.82 Å². The third-order valence-electron chi connectivity index (χ3n) is 8.67. The van der Waals surface area contributed by atoms with Crippen LogP contribution in [0, 0.1) is 11.8 Å². The van der Waals surface area contributed by atoms with Gasteiger partial charge in [0.25, 0.3) is 0 Å². The second kappa shape index (κ2) is 7.95. The van der Waals surface area contributed by atoms with Crippen LogP contribution in [0.5, 0.6) is 0 Å². The van der Waals surface area contributed by atoms with Gasteiger partial charge >= 0.3 is 6.18 Å². The van der Waals surface area contributed by atoms with Gasteiger partial charge < -0.3 is 5.73 Å². The molecule has 0 radical (unpaired) electrons. The van der Waals surface area contributed by atoms with Gasteiger partial charge in [-0.15, -0.1) is 0 Å². The fourth-order valence-electron chi connectivity index (χ4n) is 6.95. The van der Waals surface area contributed by atoms with Gasteiger partial charge in [-0.2, -0.15) is 18.3 Å². The van der Waals surface area contributed by atoms with Crippen LogP contribution in [0.4, 0.5) is 19.0 Å². The summed E-state index contributed by atoms with van der Waals surface area (Å²) in [5, 5.41) is 4.72. The molecule has 0 amide bonds. The fraction of sp³-hybridized carbons (Fsp3) is 0.680. The van der Waals surface area contributed by atoms with Crippen LogP contribution in [0.25, 0.3) is 11.3 Å². The van der Waals surface area contributed by atoms with Crippen LogP contribution >= 0.6 is 0 Å². The Morgan fingerprint density at radius 3 is 2.47 bits per heavy atom. The van der Waals surface area contributed by atoms with Gasteiger partial charge in [0.05, 0.1) is 11.3 Å². The molecule has 0 spiro atoms. The molecule has 2 saturated heterocycles. The standard InChI is InChI=1S/C25H33F3N6/c1-14(2)34-22(11-21(31-34)15-8-20(25(26,27)28)24(29)30-12-15)23-18-9-17(10-19(18)23)33-7-6-32-5-3-4-16(32)13-33/h8,11-12,14,16-19,23H,3-7,9-10,13H2,1-2H3,(H2,29,30). The molecule has 2 aliphatic carbocycles. The molecule has 2 aromatic heterocycles. The van der Waals surface area contributed by atoms with E-state index in [1.807, 2.05) is 10.7 Å². The lowest BCUT2D eigenvalue weighted by Gasteiger charge is -2.41. The first-order chi connectivity index (χ1) is 16.2. The summed E-state index contributed by atoms with van der Waals surface area (Å²) in [6, 6.07) is 4.63. The van der Waals surface area contributed by atoms with Gasteiger partial charge in [-0.25, -0.2) is 4.98 Å². The van der Waals surface area contributed by atoms with Crippen molar-refractivity contribution in [1.29, 1.82) is 0 Å². The Bertz CT molecular complexity index is 1070. The maximum atomic E-state index is 13.4. The number of hydrogen-bond acceptors (Lipinski definition) is 5. The van der Waals surface area contributed by atoms with Gasteiger partial charge in [0, 0.05) is 61.1 Å². The molecule has 6 nitrogen and oxygen atoms in total. The number of fused-ring (bicyclic) bond motifs is 2. The van der Waals surface area contributed by atoms with Crippen LogP contribution in [0.3, 0.4) is 0 Å². The normalized spacial score (nSPS) is 31.8. The van der Waals surface area contributed by atoms with Crippen molar-refractivity contribution in [3.05, 3.63) is 29.6 Å². The molecular formula is C25H33F3N6. The van der Waals surface area contributed by atoms with Crippen molar-refractivity contribution < 1.29 is 13.2 Å².